The first kappa shape index (κ1) is 14.0. The Kier molecular flexibility index (Phi) is 6.37. The zero-order valence-electron chi connectivity index (χ0n) is 11.6. The van der Waals surface area contributed by atoms with E-state index in [1.807, 2.05) is 0 Å². The molecule has 0 spiro atoms. The van der Waals surface area contributed by atoms with Gasteiger partial charge in [-0.1, -0.05) is 20.8 Å². The number of hydrogen-bond acceptors (Lipinski definition) is 2. The van der Waals surface area contributed by atoms with Gasteiger partial charge >= 0.3 is 0 Å². The molecule has 1 fully saturated rings. The standard InChI is InChI=1S/C14H30N2/c1-5-15-14(4)7-6-9-16-10-8-12(2)13(3)11-16/h12-15H,5-11H2,1-4H3. The number of rotatable bonds is 6. The third-order valence-corrected chi connectivity index (χ3v) is 4.08. The first-order valence-corrected chi connectivity index (χ1v) is 7.09. The highest BCUT2D eigenvalue weighted by Crippen LogP contribution is 2.22. The van der Waals surface area contributed by atoms with Gasteiger partial charge in [-0.05, 0) is 57.7 Å². The molecule has 16 heavy (non-hydrogen) atoms. The molecule has 0 aromatic heterocycles. The van der Waals surface area contributed by atoms with Crippen molar-refractivity contribution in [1.29, 1.82) is 0 Å². The highest BCUT2D eigenvalue weighted by molar-refractivity contribution is 4.75. The predicted molar refractivity (Wildman–Crippen MR) is 71.8 cm³/mol. The zero-order valence-corrected chi connectivity index (χ0v) is 11.6. The van der Waals surface area contributed by atoms with Crippen LogP contribution in [0.1, 0.15) is 47.0 Å². The van der Waals surface area contributed by atoms with E-state index in [1.165, 1.54) is 38.9 Å². The van der Waals surface area contributed by atoms with Gasteiger partial charge in [0.25, 0.3) is 0 Å². The Hall–Kier alpha value is -0.0800. The van der Waals surface area contributed by atoms with Crippen molar-refractivity contribution in [1.82, 2.24) is 10.2 Å². The molecule has 2 nitrogen and oxygen atoms in total. The average molecular weight is 226 g/mol. The summed E-state index contributed by atoms with van der Waals surface area (Å²) >= 11 is 0. The second-order valence-corrected chi connectivity index (χ2v) is 5.64. The normalized spacial score (nSPS) is 29.2. The van der Waals surface area contributed by atoms with Gasteiger partial charge < -0.3 is 10.2 Å². The van der Waals surface area contributed by atoms with Crippen LogP contribution < -0.4 is 5.32 Å². The molecule has 1 aliphatic rings. The molecule has 1 heterocycles. The minimum absolute atomic E-state index is 0.686. The second-order valence-electron chi connectivity index (χ2n) is 5.64. The lowest BCUT2D eigenvalue weighted by atomic mass is 9.88. The molecule has 1 aliphatic heterocycles. The molecule has 2 heteroatoms. The van der Waals surface area contributed by atoms with E-state index in [9.17, 15) is 0 Å². The minimum Gasteiger partial charge on any atom is -0.315 e. The Morgan fingerprint density at radius 1 is 1.31 bits per heavy atom. The van der Waals surface area contributed by atoms with Crippen molar-refractivity contribution >= 4 is 0 Å². The highest BCUT2D eigenvalue weighted by Gasteiger charge is 2.21. The van der Waals surface area contributed by atoms with E-state index in [2.05, 4.69) is 37.9 Å². The van der Waals surface area contributed by atoms with E-state index in [-0.39, 0.29) is 0 Å². The van der Waals surface area contributed by atoms with Gasteiger partial charge in [-0.3, -0.25) is 0 Å². The molecule has 0 aromatic rings. The fourth-order valence-corrected chi connectivity index (χ4v) is 2.62. The van der Waals surface area contributed by atoms with Gasteiger partial charge in [0.05, 0.1) is 0 Å². The average Bonchev–Trinajstić information content (AvgIpc) is 2.24. The topological polar surface area (TPSA) is 15.3 Å². The predicted octanol–water partition coefficient (Wildman–Crippen LogP) is 2.74. The van der Waals surface area contributed by atoms with Crippen LogP contribution in [0.2, 0.25) is 0 Å². The first-order valence-electron chi connectivity index (χ1n) is 7.09. The van der Waals surface area contributed by atoms with Crippen molar-refractivity contribution in [3.05, 3.63) is 0 Å². The smallest absolute Gasteiger partial charge is 0.00390 e. The molecule has 1 rings (SSSR count). The van der Waals surface area contributed by atoms with E-state index in [0.717, 1.165) is 18.4 Å². The van der Waals surface area contributed by atoms with Crippen LogP contribution in [0.4, 0.5) is 0 Å². The van der Waals surface area contributed by atoms with Crippen molar-refractivity contribution in [3.8, 4) is 0 Å². The van der Waals surface area contributed by atoms with Crippen LogP contribution >= 0.6 is 0 Å². The maximum Gasteiger partial charge on any atom is 0.00390 e. The maximum atomic E-state index is 3.48. The van der Waals surface area contributed by atoms with Crippen LogP contribution in [0, 0.1) is 11.8 Å². The summed E-state index contributed by atoms with van der Waals surface area (Å²) in [6.45, 7) is 14.3. The Morgan fingerprint density at radius 2 is 2.06 bits per heavy atom. The molecule has 0 bridgehead atoms. The van der Waals surface area contributed by atoms with E-state index in [1.54, 1.807) is 0 Å². The van der Waals surface area contributed by atoms with Gasteiger partial charge in [0.1, 0.15) is 0 Å². The lowest BCUT2D eigenvalue weighted by Crippen LogP contribution is -2.39. The number of likely N-dealkylation sites (tertiary alicyclic amines) is 1. The molecular weight excluding hydrogens is 196 g/mol. The van der Waals surface area contributed by atoms with Crippen LogP contribution in [0.3, 0.4) is 0 Å². The van der Waals surface area contributed by atoms with Crippen LogP contribution in [0.5, 0.6) is 0 Å². The molecule has 0 saturated carbocycles. The highest BCUT2D eigenvalue weighted by atomic mass is 15.1. The summed E-state index contributed by atoms with van der Waals surface area (Å²) in [5.41, 5.74) is 0. The first-order chi connectivity index (χ1) is 7.63. The van der Waals surface area contributed by atoms with Gasteiger partial charge in [-0.25, -0.2) is 0 Å². The van der Waals surface area contributed by atoms with Crippen molar-refractivity contribution in [2.75, 3.05) is 26.2 Å². The fourth-order valence-electron chi connectivity index (χ4n) is 2.62. The summed E-state index contributed by atoms with van der Waals surface area (Å²) in [6.07, 6.45) is 4.05. The fraction of sp³-hybridized carbons (Fsp3) is 1.00. The summed E-state index contributed by atoms with van der Waals surface area (Å²) in [5, 5.41) is 3.48. The molecule has 3 atom stereocenters. The van der Waals surface area contributed by atoms with Crippen molar-refractivity contribution < 1.29 is 0 Å². The molecule has 0 aliphatic carbocycles. The lowest BCUT2D eigenvalue weighted by Gasteiger charge is -2.35. The van der Waals surface area contributed by atoms with Crippen LogP contribution in [0.25, 0.3) is 0 Å². The Labute approximate surface area is 102 Å². The third-order valence-electron chi connectivity index (χ3n) is 4.08. The lowest BCUT2D eigenvalue weighted by molar-refractivity contribution is 0.135. The van der Waals surface area contributed by atoms with Crippen LogP contribution in [-0.2, 0) is 0 Å². The van der Waals surface area contributed by atoms with E-state index in [4.69, 9.17) is 0 Å². The van der Waals surface area contributed by atoms with E-state index >= 15 is 0 Å². The second kappa shape index (κ2) is 7.29. The number of piperidine rings is 1. The summed E-state index contributed by atoms with van der Waals surface area (Å²) in [7, 11) is 0. The molecular formula is C14H30N2. The molecule has 96 valence electrons. The number of nitrogens with one attached hydrogen (secondary N) is 1. The van der Waals surface area contributed by atoms with Gasteiger partial charge in [-0.15, -0.1) is 0 Å². The van der Waals surface area contributed by atoms with Crippen molar-refractivity contribution in [3.63, 3.8) is 0 Å². The Balaban J connectivity index is 2.09. The molecule has 0 aromatic carbocycles. The quantitative estimate of drug-likeness (QED) is 0.749. The summed E-state index contributed by atoms with van der Waals surface area (Å²) < 4.78 is 0. The Morgan fingerprint density at radius 3 is 2.69 bits per heavy atom. The van der Waals surface area contributed by atoms with Gasteiger partial charge in [0, 0.05) is 12.6 Å². The summed E-state index contributed by atoms with van der Waals surface area (Å²) in [4.78, 5) is 2.66. The van der Waals surface area contributed by atoms with Gasteiger partial charge in [0.15, 0.2) is 0 Å². The monoisotopic (exact) mass is 226 g/mol. The van der Waals surface area contributed by atoms with E-state index < -0.39 is 0 Å². The van der Waals surface area contributed by atoms with Crippen molar-refractivity contribution in [2.45, 2.75) is 53.0 Å². The van der Waals surface area contributed by atoms with Crippen LogP contribution in [0.15, 0.2) is 0 Å². The van der Waals surface area contributed by atoms with Gasteiger partial charge in [-0.2, -0.15) is 0 Å². The Bertz CT molecular complexity index is 182. The van der Waals surface area contributed by atoms with Gasteiger partial charge in [0.2, 0.25) is 0 Å². The SMILES string of the molecule is CCNC(C)CCCN1CCC(C)C(C)C1. The molecule has 1 N–H and O–H groups in total. The minimum atomic E-state index is 0.686. The number of hydrogen-bond donors (Lipinski definition) is 1. The molecule has 1 saturated heterocycles. The van der Waals surface area contributed by atoms with Crippen molar-refractivity contribution in [2.24, 2.45) is 11.8 Å². The molecule has 0 amide bonds. The molecule has 0 radical (unpaired) electrons. The maximum absolute atomic E-state index is 3.48. The molecule has 3 unspecified atom stereocenters. The summed E-state index contributed by atoms with van der Waals surface area (Å²) in [5.74, 6) is 1.82. The third kappa shape index (κ3) is 4.84. The van der Waals surface area contributed by atoms with Crippen LogP contribution in [-0.4, -0.2) is 37.1 Å². The zero-order chi connectivity index (χ0) is 12.0. The number of nitrogens with zero attached hydrogens (tertiary/aromatic N) is 1. The summed E-state index contributed by atoms with van der Waals surface area (Å²) in [6, 6.07) is 0.686. The largest absolute Gasteiger partial charge is 0.315 e. The van der Waals surface area contributed by atoms with E-state index in [0.29, 0.717) is 6.04 Å².